The molecule has 0 N–H and O–H groups in total. The van der Waals surface area contributed by atoms with Gasteiger partial charge in [-0.2, -0.15) is 123 Å². The summed E-state index contributed by atoms with van der Waals surface area (Å²) in [5.74, 6) is -52.7. The third-order valence-electron chi connectivity index (χ3n) is 6.90. The molecule has 0 radical (unpaired) electrons. The van der Waals surface area contributed by atoms with Crippen LogP contribution in [-0.2, 0) is 57.1 Å². The highest BCUT2D eigenvalue weighted by Gasteiger charge is 2.98. The summed E-state index contributed by atoms with van der Waals surface area (Å²) < 4.78 is 427. The maximum atomic E-state index is 15.9. The predicted octanol–water partition coefficient (Wildman–Crippen LogP) is 9.43. The molecule has 0 aliphatic rings. The lowest BCUT2D eigenvalue weighted by atomic mass is 9.80. The van der Waals surface area contributed by atoms with Gasteiger partial charge in [-0.3, -0.25) is 0 Å². The molecule has 0 unspecified atom stereocenters. The number of halogens is 28. The van der Waals surface area contributed by atoms with Gasteiger partial charge in [-0.15, -0.1) is 0 Å². The van der Waals surface area contributed by atoms with Crippen LogP contribution in [0.25, 0.3) is 0 Å². The molecule has 0 heterocycles. The number of alkyl halides is 24. The van der Waals surface area contributed by atoms with Gasteiger partial charge < -0.3 is 18.9 Å². The molecular weight excluding hydrogens is 1070 g/mol. The minimum atomic E-state index is -10.3. The van der Waals surface area contributed by atoms with E-state index in [-0.39, 0.29) is 0 Å². The van der Waals surface area contributed by atoms with Crippen molar-refractivity contribution < 1.29 is 180 Å². The molecule has 69 heavy (non-hydrogen) atoms. The Labute approximate surface area is 358 Å². The fourth-order valence-electron chi connectivity index (χ4n) is 3.54. The predicted molar refractivity (Wildman–Crippen MR) is 151 cm³/mol. The van der Waals surface area contributed by atoms with E-state index < -0.39 is 152 Å². The molecule has 0 aromatic rings. The number of rotatable bonds is 28. The van der Waals surface area contributed by atoms with Gasteiger partial charge in [-0.05, 0) is 0 Å². The monoisotopic (exact) mass is 1090 g/mol. The number of esters is 4. The molecule has 0 aliphatic heterocycles. The van der Waals surface area contributed by atoms with Crippen molar-refractivity contribution in [2.75, 3.05) is 26.4 Å². The van der Waals surface area contributed by atoms with Gasteiger partial charge in [0.1, 0.15) is 0 Å². The van der Waals surface area contributed by atoms with E-state index in [0.717, 1.165) is 0 Å². The van der Waals surface area contributed by atoms with Crippen molar-refractivity contribution in [1.29, 1.82) is 0 Å². The van der Waals surface area contributed by atoms with E-state index in [1.165, 1.54) is 18.9 Å². The standard InChI is InChI=1S/C29H16F28O12/c1-9(30)13(58)62-5-17(34,35)22(42,43)66-26(50,51)21(27(52,53)67-23(44,45)18(36,37)6-63-14(59)10(2)31,28(54,55)68-24(46,47)19(38,39)7-64-15(60)11(3)32)29(56,57)69-25(48,49)20(40,41)8-65-16(61)12(4)33/h1-8H2. The van der Waals surface area contributed by atoms with Crippen LogP contribution in [0.3, 0.4) is 0 Å². The summed E-state index contributed by atoms with van der Waals surface area (Å²) in [6.45, 7) is -8.13. The fraction of sp³-hybridized carbons (Fsp3) is 0.586. The first-order chi connectivity index (χ1) is 30.1. The van der Waals surface area contributed by atoms with E-state index in [0.29, 0.717) is 0 Å². The van der Waals surface area contributed by atoms with Gasteiger partial charge in [0.15, 0.2) is 26.4 Å². The molecule has 0 atom stereocenters. The van der Waals surface area contributed by atoms with Gasteiger partial charge in [-0.25, -0.2) is 38.1 Å². The van der Waals surface area contributed by atoms with E-state index >= 15 is 35.1 Å². The zero-order valence-electron chi connectivity index (χ0n) is 31.6. The second-order valence-corrected chi connectivity index (χ2v) is 12.0. The maximum Gasteiger partial charge on any atom is 0.427 e. The molecule has 0 saturated carbocycles. The molecule has 0 aromatic carbocycles. The Hall–Kier alpha value is -5.28. The molecule has 0 aromatic heterocycles. The highest BCUT2D eigenvalue weighted by molar-refractivity contribution is 5.86. The molecule has 0 aliphatic carbocycles. The zero-order valence-corrected chi connectivity index (χ0v) is 31.6. The first-order valence-electron chi connectivity index (χ1n) is 15.5. The van der Waals surface area contributed by atoms with Gasteiger partial charge in [0, 0.05) is 0 Å². The summed E-state index contributed by atoms with van der Waals surface area (Å²) >= 11 is 0. The van der Waals surface area contributed by atoms with Crippen molar-refractivity contribution in [3.05, 3.63) is 49.6 Å². The van der Waals surface area contributed by atoms with Gasteiger partial charge >= 0.3 is 102 Å². The summed E-state index contributed by atoms with van der Waals surface area (Å²) in [6, 6.07) is 0. The topological polar surface area (TPSA) is 142 Å². The van der Waals surface area contributed by atoms with Crippen LogP contribution in [-0.4, -0.2) is 123 Å². The average molecular weight is 1090 g/mol. The van der Waals surface area contributed by atoms with Crippen molar-refractivity contribution in [1.82, 2.24) is 0 Å². The molecule has 0 saturated heterocycles. The Balaban J connectivity index is 9.11. The quantitative estimate of drug-likeness (QED) is 0.0319. The van der Waals surface area contributed by atoms with Crippen molar-refractivity contribution >= 4 is 23.9 Å². The Kier molecular flexibility index (Phi) is 18.7. The summed E-state index contributed by atoms with van der Waals surface area (Å²) in [5, 5.41) is 0. The summed E-state index contributed by atoms with van der Waals surface area (Å²) in [4.78, 5) is 44.0. The Bertz CT molecular complexity index is 1710. The minimum Gasteiger partial charge on any atom is -0.454 e. The molecule has 0 rings (SSSR count). The summed E-state index contributed by atoms with van der Waals surface area (Å²) in [6.07, 6.45) is -72.7. The van der Waals surface area contributed by atoms with Crippen LogP contribution in [0.1, 0.15) is 0 Å². The third kappa shape index (κ3) is 13.5. The van der Waals surface area contributed by atoms with Crippen LogP contribution < -0.4 is 0 Å². The van der Waals surface area contributed by atoms with Gasteiger partial charge in [0.25, 0.3) is 0 Å². The van der Waals surface area contributed by atoms with Crippen LogP contribution in [0.5, 0.6) is 0 Å². The molecule has 0 bridgehead atoms. The number of carbonyl (C=O) groups is 4. The molecule has 12 nitrogen and oxygen atoms in total. The molecular formula is C29H16F28O12. The van der Waals surface area contributed by atoms with Crippen LogP contribution in [0.15, 0.2) is 49.6 Å². The van der Waals surface area contributed by atoms with Crippen LogP contribution in [0.4, 0.5) is 123 Å². The number of carbonyl (C=O) groups excluding carboxylic acids is 4. The lowest BCUT2D eigenvalue weighted by Gasteiger charge is -2.51. The molecule has 0 spiro atoms. The molecule has 400 valence electrons. The summed E-state index contributed by atoms with van der Waals surface area (Å²) in [5.41, 5.74) is -10.3. The van der Waals surface area contributed by atoms with Crippen molar-refractivity contribution in [2.24, 2.45) is 5.41 Å². The third-order valence-corrected chi connectivity index (χ3v) is 6.90. The normalized spacial score (nSPS) is 14.4. The van der Waals surface area contributed by atoms with E-state index in [1.807, 2.05) is 26.3 Å². The van der Waals surface area contributed by atoms with E-state index in [9.17, 15) is 107 Å². The Morgan fingerprint density at radius 1 is 0.275 bits per heavy atom. The lowest BCUT2D eigenvalue weighted by molar-refractivity contribution is -0.624. The Morgan fingerprint density at radius 3 is 0.522 bits per heavy atom. The molecule has 0 amide bonds. The Morgan fingerprint density at radius 2 is 0.406 bits per heavy atom. The minimum absolute atomic E-state index is 1.36. The lowest BCUT2D eigenvalue weighted by Crippen LogP contribution is -2.78. The number of hydrogen-bond donors (Lipinski definition) is 0. The maximum absolute atomic E-state index is 15.9. The average Bonchev–Trinajstić information content (AvgIpc) is 3.11. The fourth-order valence-corrected chi connectivity index (χ4v) is 3.54. The van der Waals surface area contributed by atoms with E-state index in [1.54, 1.807) is 0 Å². The first kappa shape index (κ1) is 63.7. The van der Waals surface area contributed by atoms with Crippen molar-refractivity contribution in [3.8, 4) is 0 Å². The van der Waals surface area contributed by atoms with Crippen LogP contribution in [0.2, 0.25) is 0 Å². The largest absolute Gasteiger partial charge is 0.454 e. The smallest absolute Gasteiger partial charge is 0.427 e. The van der Waals surface area contributed by atoms with Crippen LogP contribution >= 0.6 is 0 Å². The highest BCUT2D eigenvalue weighted by Crippen LogP contribution is 2.70. The first-order valence-corrected chi connectivity index (χ1v) is 15.5. The second-order valence-electron chi connectivity index (χ2n) is 12.0. The SMILES string of the molecule is C=C(F)C(=O)OCC(F)(F)C(F)(F)OC(F)(F)C(C(F)(F)OC(F)(F)C(F)(F)COC(=O)C(=C)F)(C(F)(F)OC(F)(F)C(F)(F)COC(=O)C(=C)F)C(F)(F)OC(F)(F)C(F)(F)COC(=O)C(=C)F. The summed E-state index contributed by atoms with van der Waals surface area (Å²) in [7, 11) is 0. The van der Waals surface area contributed by atoms with E-state index in [2.05, 4.69) is 18.9 Å². The van der Waals surface area contributed by atoms with E-state index in [4.69, 9.17) is 0 Å². The zero-order chi connectivity index (χ0) is 55.6. The van der Waals surface area contributed by atoms with Crippen LogP contribution in [0, 0.1) is 5.41 Å². The number of hydrogen-bond acceptors (Lipinski definition) is 12. The molecule has 0 fully saturated rings. The van der Waals surface area contributed by atoms with Gasteiger partial charge in [-0.1, -0.05) is 26.3 Å². The van der Waals surface area contributed by atoms with Crippen molar-refractivity contribution in [2.45, 2.75) is 72.6 Å². The van der Waals surface area contributed by atoms with Gasteiger partial charge in [0.2, 0.25) is 23.3 Å². The second kappa shape index (κ2) is 20.2. The highest BCUT2D eigenvalue weighted by atomic mass is 19.4. The molecule has 40 heteroatoms. The van der Waals surface area contributed by atoms with Gasteiger partial charge in [0.05, 0.1) is 0 Å². The number of ether oxygens (including phenoxy) is 8. The van der Waals surface area contributed by atoms with Crippen molar-refractivity contribution in [3.63, 3.8) is 0 Å².